The zero-order valence-electron chi connectivity index (χ0n) is 23.4. The number of aromatic nitrogens is 4. The van der Waals surface area contributed by atoms with Crippen LogP contribution in [0.5, 0.6) is 0 Å². The maximum absolute atomic E-state index is 12.4. The molecular formula is C24H22N6O8S8. The van der Waals surface area contributed by atoms with Crippen LogP contribution >= 0.6 is 70.1 Å². The molecule has 2 aromatic heterocycles. The van der Waals surface area contributed by atoms with E-state index in [1.54, 1.807) is 0 Å². The van der Waals surface area contributed by atoms with Crippen LogP contribution < -0.4 is 10.6 Å². The highest BCUT2D eigenvalue weighted by atomic mass is 32.2. The third-order valence-corrected chi connectivity index (χ3v) is 12.2. The summed E-state index contributed by atoms with van der Waals surface area (Å²) in [4.78, 5) is 32.2. The monoisotopic (exact) mass is 778 g/mol. The molecule has 2 heterocycles. The number of benzene rings is 2. The van der Waals surface area contributed by atoms with Gasteiger partial charge in [0.1, 0.15) is 9.79 Å². The number of hydrogen-bond acceptors (Lipinski definition) is 16. The van der Waals surface area contributed by atoms with Crippen molar-refractivity contribution >= 4 is 126 Å². The van der Waals surface area contributed by atoms with Crippen LogP contribution in [0, 0.1) is 0 Å². The molecule has 4 rings (SSSR count). The SMILES string of the molecule is CSc1nsc(SCC(=O)Nc2ccc(/C=C/c3ccc(NC(=O)CSc4nc(SC)ns4)cc3S(=O)(=O)O)c(S(=O)(=O)O)c2)n1. The molecule has 0 saturated heterocycles. The highest BCUT2D eigenvalue weighted by molar-refractivity contribution is 8.02. The van der Waals surface area contributed by atoms with Gasteiger partial charge in [-0.2, -0.15) is 25.6 Å². The van der Waals surface area contributed by atoms with E-state index in [0.717, 1.165) is 58.7 Å². The lowest BCUT2D eigenvalue weighted by molar-refractivity contribution is -0.114. The van der Waals surface area contributed by atoms with E-state index in [0.29, 0.717) is 19.0 Å². The van der Waals surface area contributed by atoms with Gasteiger partial charge < -0.3 is 10.6 Å². The van der Waals surface area contributed by atoms with Gasteiger partial charge in [-0.1, -0.05) is 71.3 Å². The van der Waals surface area contributed by atoms with Crippen molar-refractivity contribution in [3.05, 3.63) is 47.5 Å². The van der Waals surface area contributed by atoms with Gasteiger partial charge in [0.15, 0.2) is 8.68 Å². The summed E-state index contributed by atoms with van der Waals surface area (Å²) in [6, 6.07) is 7.51. The Bertz CT molecular complexity index is 1850. The first-order valence-electron chi connectivity index (χ1n) is 12.3. The highest BCUT2D eigenvalue weighted by Crippen LogP contribution is 2.28. The fourth-order valence-corrected chi connectivity index (χ4v) is 8.89. The van der Waals surface area contributed by atoms with Crippen molar-refractivity contribution in [2.24, 2.45) is 0 Å². The van der Waals surface area contributed by atoms with Crippen molar-refractivity contribution in [2.75, 3.05) is 34.7 Å². The maximum atomic E-state index is 12.4. The summed E-state index contributed by atoms with van der Waals surface area (Å²) in [6.45, 7) is 0. The third kappa shape index (κ3) is 10.5. The van der Waals surface area contributed by atoms with E-state index in [2.05, 4.69) is 29.3 Å². The normalized spacial score (nSPS) is 12.0. The van der Waals surface area contributed by atoms with Gasteiger partial charge in [-0.15, -0.1) is 0 Å². The van der Waals surface area contributed by atoms with E-state index < -0.39 is 41.8 Å². The van der Waals surface area contributed by atoms with E-state index >= 15 is 0 Å². The molecule has 4 N–H and O–H groups in total. The van der Waals surface area contributed by atoms with Gasteiger partial charge in [0.2, 0.25) is 22.1 Å². The molecule has 0 aliphatic rings. The number of carbonyl (C=O) groups is 2. The van der Waals surface area contributed by atoms with Crippen molar-refractivity contribution in [1.29, 1.82) is 0 Å². The molecule has 14 nitrogen and oxygen atoms in total. The predicted octanol–water partition coefficient (Wildman–Crippen LogP) is 4.96. The van der Waals surface area contributed by atoms with Crippen LogP contribution in [0.1, 0.15) is 11.1 Å². The van der Waals surface area contributed by atoms with Crippen molar-refractivity contribution in [3.63, 3.8) is 0 Å². The largest absolute Gasteiger partial charge is 0.325 e. The van der Waals surface area contributed by atoms with Crippen molar-refractivity contribution in [2.45, 2.75) is 28.8 Å². The number of rotatable bonds is 14. The Morgan fingerprint density at radius 1 is 0.739 bits per heavy atom. The summed E-state index contributed by atoms with van der Waals surface area (Å²) in [6.07, 6.45) is 6.08. The molecule has 2 amide bonds. The molecule has 0 aliphatic heterocycles. The van der Waals surface area contributed by atoms with Crippen LogP contribution in [0.15, 0.2) is 65.2 Å². The van der Waals surface area contributed by atoms with Crippen molar-refractivity contribution in [1.82, 2.24) is 18.7 Å². The molecule has 2 aromatic carbocycles. The van der Waals surface area contributed by atoms with Crippen LogP contribution in [-0.2, 0) is 29.8 Å². The van der Waals surface area contributed by atoms with E-state index in [4.69, 9.17) is 0 Å². The third-order valence-electron chi connectivity index (χ3n) is 5.39. The number of carbonyl (C=O) groups excluding carboxylic acids is 2. The Morgan fingerprint density at radius 3 is 1.46 bits per heavy atom. The van der Waals surface area contributed by atoms with Gasteiger partial charge in [-0.05, 0) is 71.0 Å². The van der Waals surface area contributed by atoms with Gasteiger partial charge in [0.05, 0.1) is 11.5 Å². The molecule has 0 fully saturated rings. The van der Waals surface area contributed by atoms with Crippen LogP contribution in [0.25, 0.3) is 12.2 Å². The molecule has 0 aliphatic carbocycles. The second-order valence-corrected chi connectivity index (χ2v) is 16.8. The second-order valence-electron chi connectivity index (χ2n) is 8.56. The average Bonchev–Trinajstić information content (AvgIpc) is 3.67. The van der Waals surface area contributed by atoms with E-state index in [9.17, 15) is 35.5 Å². The summed E-state index contributed by atoms with van der Waals surface area (Å²) in [5.74, 6) is -0.961. The van der Waals surface area contributed by atoms with E-state index in [1.807, 2.05) is 12.5 Å². The number of hydrogen-bond donors (Lipinski definition) is 4. The van der Waals surface area contributed by atoms with Crippen LogP contribution in [-0.4, -0.2) is 80.5 Å². The molecular weight excluding hydrogens is 757 g/mol. The highest BCUT2D eigenvalue weighted by Gasteiger charge is 2.19. The molecule has 4 aromatic rings. The number of nitrogens with one attached hydrogen (secondary N) is 2. The lowest BCUT2D eigenvalue weighted by atomic mass is 10.1. The summed E-state index contributed by atoms with van der Waals surface area (Å²) < 4.78 is 77.8. The van der Waals surface area contributed by atoms with Crippen molar-refractivity contribution < 1.29 is 35.5 Å². The molecule has 22 heteroatoms. The minimum atomic E-state index is -4.79. The zero-order valence-corrected chi connectivity index (χ0v) is 30.0. The van der Waals surface area contributed by atoms with Crippen LogP contribution in [0.4, 0.5) is 11.4 Å². The molecule has 0 atom stereocenters. The number of thioether (sulfide) groups is 4. The average molecular weight is 779 g/mol. The Labute approximate surface area is 288 Å². The first-order chi connectivity index (χ1) is 21.7. The maximum Gasteiger partial charge on any atom is 0.295 e. The Balaban J connectivity index is 1.48. The van der Waals surface area contributed by atoms with Gasteiger partial charge in [0, 0.05) is 11.4 Å². The van der Waals surface area contributed by atoms with Crippen molar-refractivity contribution in [3.8, 4) is 0 Å². The summed E-state index contributed by atoms with van der Waals surface area (Å²) in [5.41, 5.74) is 0.103. The fourth-order valence-electron chi connectivity index (χ4n) is 3.45. The first-order valence-corrected chi connectivity index (χ1v) is 21.1. The standard InChI is InChI=1S/C24H22N6O8S8/c1-39-21-27-23(43-29-21)41-11-19(31)25-15-7-5-13(17(9-15)45(33,34)35)3-4-14-6-8-16(10-18(14)46(36,37)38)26-20(32)12-42-24-28-22(40-2)30-44-24/h3-10H,11-12H2,1-2H3,(H,25,31)(H,26,32)(H,33,34,35)(H,36,37,38)/b4-3+. The van der Waals surface area contributed by atoms with E-state index in [1.165, 1.54) is 59.9 Å². The Kier molecular flexibility index (Phi) is 12.7. The molecule has 244 valence electrons. The molecule has 0 bridgehead atoms. The topological polar surface area (TPSA) is 218 Å². The minimum absolute atomic E-state index is 0.0259. The van der Waals surface area contributed by atoms with Gasteiger partial charge >= 0.3 is 0 Å². The Morgan fingerprint density at radius 2 is 1.13 bits per heavy atom. The molecule has 0 saturated carbocycles. The molecule has 0 unspecified atom stereocenters. The van der Waals surface area contributed by atoms with Crippen LogP contribution in [0.3, 0.4) is 0 Å². The number of amides is 2. The minimum Gasteiger partial charge on any atom is -0.325 e. The van der Waals surface area contributed by atoms with E-state index in [-0.39, 0.29) is 34.0 Å². The van der Waals surface area contributed by atoms with Crippen LogP contribution in [0.2, 0.25) is 0 Å². The van der Waals surface area contributed by atoms with Gasteiger partial charge in [0.25, 0.3) is 20.2 Å². The molecule has 46 heavy (non-hydrogen) atoms. The Hall–Kier alpha value is -2.54. The number of anilines is 2. The predicted molar refractivity (Wildman–Crippen MR) is 184 cm³/mol. The number of nitrogens with zero attached hydrogens (tertiary/aromatic N) is 4. The summed E-state index contributed by atoms with van der Waals surface area (Å²) in [7, 11) is -9.58. The lowest BCUT2D eigenvalue weighted by Gasteiger charge is -2.10. The zero-order chi connectivity index (χ0) is 33.5. The quantitative estimate of drug-likeness (QED) is 0.0755. The summed E-state index contributed by atoms with van der Waals surface area (Å²) >= 11 is 7.34. The van der Waals surface area contributed by atoms with Gasteiger partial charge in [-0.25, -0.2) is 9.97 Å². The van der Waals surface area contributed by atoms with Gasteiger partial charge in [-0.3, -0.25) is 18.7 Å². The summed E-state index contributed by atoms with van der Waals surface area (Å²) in [5, 5.41) is 6.28. The second kappa shape index (κ2) is 16.0. The molecule has 0 radical (unpaired) electrons. The fraction of sp³-hybridized carbons (Fsp3) is 0.167. The lowest BCUT2D eigenvalue weighted by Crippen LogP contribution is -2.14. The molecule has 0 spiro atoms. The smallest absolute Gasteiger partial charge is 0.295 e. The first kappa shape index (κ1) is 36.3.